The Balaban J connectivity index is 1.61. The predicted molar refractivity (Wildman–Crippen MR) is 77.9 cm³/mol. The molecule has 21 heavy (non-hydrogen) atoms. The summed E-state index contributed by atoms with van der Waals surface area (Å²) in [6.07, 6.45) is 2.67. The van der Waals surface area contributed by atoms with E-state index in [0.29, 0.717) is 18.1 Å². The number of ether oxygens (including phenoxy) is 3. The zero-order chi connectivity index (χ0) is 14.7. The second-order valence-electron chi connectivity index (χ2n) is 4.32. The Bertz CT molecular complexity index is 689. The molecule has 2 aromatic rings. The van der Waals surface area contributed by atoms with E-state index in [0.717, 1.165) is 22.3 Å². The van der Waals surface area contributed by atoms with Gasteiger partial charge in [-0.2, -0.15) is 0 Å². The summed E-state index contributed by atoms with van der Waals surface area (Å²) < 4.78 is 16.2. The van der Waals surface area contributed by atoms with E-state index in [2.05, 4.69) is 0 Å². The second kappa shape index (κ2) is 5.88. The van der Waals surface area contributed by atoms with Gasteiger partial charge in [-0.3, -0.25) is 0 Å². The minimum atomic E-state index is -0.959. The highest BCUT2D eigenvalue weighted by molar-refractivity contribution is 7.10. The van der Waals surface area contributed by atoms with Crippen LogP contribution >= 0.6 is 11.3 Å². The average molecular weight is 304 g/mol. The van der Waals surface area contributed by atoms with Crippen molar-refractivity contribution in [3.63, 3.8) is 0 Å². The number of benzene rings is 1. The molecule has 6 heteroatoms. The predicted octanol–water partition coefficient (Wildman–Crippen LogP) is 3.15. The molecular formula is C15H12O5S. The molecule has 0 bridgehead atoms. The first-order valence-electron chi connectivity index (χ1n) is 6.21. The highest BCUT2D eigenvalue weighted by Crippen LogP contribution is 2.35. The lowest BCUT2D eigenvalue weighted by Crippen LogP contribution is -1.93. The molecule has 108 valence electrons. The Hall–Kier alpha value is -2.47. The quantitative estimate of drug-likeness (QED) is 0.860. The van der Waals surface area contributed by atoms with E-state index in [1.807, 2.05) is 23.6 Å². The van der Waals surface area contributed by atoms with Gasteiger partial charge in [0.1, 0.15) is 12.4 Å². The number of carboxylic acid groups (broad SMARTS) is 1. The summed E-state index contributed by atoms with van der Waals surface area (Å²) in [7, 11) is 0. The first kappa shape index (κ1) is 13.5. The number of thiophene rings is 1. The zero-order valence-corrected chi connectivity index (χ0v) is 11.8. The number of carboxylic acids is 1. The summed E-state index contributed by atoms with van der Waals surface area (Å²) in [6, 6.07) is 7.33. The van der Waals surface area contributed by atoms with E-state index in [9.17, 15) is 4.79 Å². The van der Waals surface area contributed by atoms with E-state index >= 15 is 0 Å². The highest BCUT2D eigenvalue weighted by atomic mass is 32.1. The lowest BCUT2D eigenvalue weighted by molar-refractivity contribution is -0.131. The maximum Gasteiger partial charge on any atom is 0.328 e. The molecule has 5 nitrogen and oxygen atoms in total. The summed E-state index contributed by atoms with van der Waals surface area (Å²) in [4.78, 5) is 11.5. The third kappa shape index (κ3) is 3.35. The Morgan fingerprint density at radius 3 is 3.05 bits per heavy atom. The van der Waals surface area contributed by atoms with Crippen LogP contribution in [0.15, 0.2) is 35.7 Å². The van der Waals surface area contributed by atoms with Gasteiger partial charge in [-0.1, -0.05) is 0 Å². The summed E-state index contributed by atoms with van der Waals surface area (Å²) >= 11 is 1.52. The van der Waals surface area contributed by atoms with E-state index in [1.165, 1.54) is 11.3 Å². The molecular weight excluding hydrogens is 292 g/mol. The van der Waals surface area contributed by atoms with Crippen LogP contribution in [0.1, 0.15) is 10.4 Å². The molecule has 0 atom stereocenters. The van der Waals surface area contributed by atoms with Crippen molar-refractivity contribution < 1.29 is 24.1 Å². The topological polar surface area (TPSA) is 65.0 Å². The van der Waals surface area contributed by atoms with Crippen molar-refractivity contribution in [3.8, 4) is 17.2 Å². The zero-order valence-electron chi connectivity index (χ0n) is 10.9. The molecule has 0 fully saturated rings. The molecule has 1 aliphatic heterocycles. The SMILES string of the molecule is O=C(O)C=Cc1csc(COc2ccc3c(c2)OCO3)c1. The average Bonchev–Trinajstić information content (AvgIpc) is 3.11. The molecule has 0 radical (unpaired) electrons. The normalized spacial score (nSPS) is 12.8. The van der Waals surface area contributed by atoms with Crippen molar-refractivity contribution in [1.29, 1.82) is 0 Å². The minimum absolute atomic E-state index is 0.239. The molecule has 2 heterocycles. The van der Waals surface area contributed by atoms with E-state index in [4.69, 9.17) is 19.3 Å². The summed E-state index contributed by atoms with van der Waals surface area (Å²) in [5.41, 5.74) is 0.853. The fraction of sp³-hybridized carbons (Fsp3) is 0.133. The first-order chi connectivity index (χ1) is 10.2. The Labute approximate surface area is 125 Å². The van der Waals surface area contributed by atoms with Crippen molar-refractivity contribution in [3.05, 3.63) is 46.2 Å². The lowest BCUT2D eigenvalue weighted by atomic mass is 10.3. The van der Waals surface area contributed by atoms with Gasteiger partial charge in [-0.25, -0.2) is 4.79 Å². The fourth-order valence-electron chi connectivity index (χ4n) is 1.85. The Morgan fingerprint density at radius 1 is 1.33 bits per heavy atom. The molecule has 1 aliphatic rings. The maximum atomic E-state index is 10.5. The van der Waals surface area contributed by atoms with Crippen LogP contribution < -0.4 is 14.2 Å². The van der Waals surface area contributed by atoms with Crippen LogP contribution in [0.25, 0.3) is 6.08 Å². The van der Waals surface area contributed by atoms with Crippen LogP contribution in [-0.2, 0) is 11.4 Å². The molecule has 0 spiro atoms. The first-order valence-corrected chi connectivity index (χ1v) is 7.09. The summed E-state index contributed by atoms with van der Waals surface area (Å²) in [5.74, 6) is 1.15. The van der Waals surface area contributed by atoms with Gasteiger partial charge in [0.05, 0.1) is 0 Å². The van der Waals surface area contributed by atoms with Crippen LogP contribution in [0.3, 0.4) is 0 Å². The van der Waals surface area contributed by atoms with Crippen molar-refractivity contribution in [1.82, 2.24) is 0 Å². The molecule has 0 saturated heterocycles. The molecule has 1 aromatic carbocycles. The Morgan fingerprint density at radius 2 is 2.19 bits per heavy atom. The largest absolute Gasteiger partial charge is 0.488 e. The van der Waals surface area contributed by atoms with Crippen molar-refractivity contribution in [2.24, 2.45) is 0 Å². The van der Waals surface area contributed by atoms with Gasteiger partial charge in [0.15, 0.2) is 11.5 Å². The molecule has 3 rings (SSSR count). The second-order valence-corrected chi connectivity index (χ2v) is 5.32. The van der Waals surface area contributed by atoms with E-state index < -0.39 is 5.97 Å². The van der Waals surface area contributed by atoms with Crippen LogP contribution in [0.4, 0.5) is 0 Å². The number of aliphatic carboxylic acids is 1. The van der Waals surface area contributed by atoms with Crippen LogP contribution in [0.2, 0.25) is 0 Å². The molecule has 1 N–H and O–H groups in total. The monoisotopic (exact) mass is 304 g/mol. The number of hydrogen-bond donors (Lipinski definition) is 1. The van der Waals surface area contributed by atoms with Crippen molar-refractivity contribution in [2.75, 3.05) is 6.79 Å². The molecule has 0 saturated carbocycles. The van der Waals surface area contributed by atoms with Crippen LogP contribution in [-0.4, -0.2) is 17.9 Å². The smallest absolute Gasteiger partial charge is 0.328 e. The van der Waals surface area contributed by atoms with Crippen LogP contribution in [0.5, 0.6) is 17.2 Å². The number of carbonyl (C=O) groups is 1. The number of rotatable bonds is 5. The van der Waals surface area contributed by atoms with Crippen LogP contribution in [0, 0.1) is 0 Å². The lowest BCUT2D eigenvalue weighted by Gasteiger charge is -2.05. The van der Waals surface area contributed by atoms with E-state index in [1.54, 1.807) is 12.1 Å². The van der Waals surface area contributed by atoms with Gasteiger partial charge in [0.2, 0.25) is 6.79 Å². The Kier molecular flexibility index (Phi) is 3.79. The van der Waals surface area contributed by atoms with Crippen molar-refractivity contribution in [2.45, 2.75) is 6.61 Å². The molecule has 0 aliphatic carbocycles. The molecule has 1 aromatic heterocycles. The van der Waals surface area contributed by atoms with Gasteiger partial charge < -0.3 is 19.3 Å². The van der Waals surface area contributed by atoms with E-state index in [-0.39, 0.29) is 6.79 Å². The van der Waals surface area contributed by atoms with Gasteiger partial charge in [0, 0.05) is 17.0 Å². The van der Waals surface area contributed by atoms with Gasteiger partial charge in [0.25, 0.3) is 0 Å². The summed E-state index contributed by atoms with van der Waals surface area (Å²) in [5, 5.41) is 10.5. The minimum Gasteiger partial charge on any atom is -0.488 e. The number of hydrogen-bond acceptors (Lipinski definition) is 5. The van der Waals surface area contributed by atoms with Gasteiger partial charge in [-0.15, -0.1) is 11.3 Å². The third-order valence-corrected chi connectivity index (χ3v) is 3.75. The highest BCUT2D eigenvalue weighted by Gasteiger charge is 2.13. The fourth-order valence-corrected chi connectivity index (χ4v) is 2.61. The standard InChI is InChI=1S/C15H12O5S/c16-15(17)4-1-10-5-12(21-8-10)7-18-11-2-3-13-14(6-11)20-9-19-13/h1-6,8H,7,9H2,(H,16,17). The van der Waals surface area contributed by atoms with Crippen molar-refractivity contribution >= 4 is 23.4 Å². The number of fused-ring (bicyclic) bond motifs is 1. The van der Waals surface area contributed by atoms with Gasteiger partial charge >= 0.3 is 5.97 Å². The summed E-state index contributed by atoms with van der Waals surface area (Å²) in [6.45, 7) is 0.661. The molecule has 0 unspecified atom stereocenters. The third-order valence-electron chi connectivity index (χ3n) is 2.82. The maximum absolute atomic E-state index is 10.5. The molecule has 0 amide bonds. The van der Waals surface area contributed by atoms with Gasteiger partial charge in [-0.05, 0) is 35.2 Å².